The summed E-state index contributed by atoms with van der Waals surface area (Å²) in [6, 6.07) is 2.57. The smallest absolute Gasteiger partial charge is 0.156 e. The van der Waals surface area contributed by atoms with Crippen LogP contribution in [0.25, 0.3) is 21.5 Å². The first kappa shape index (κ1) is 25.4. The van der Waals surface area contributed by atoms with Crippen LogP contribution in [0.4, 0.5) is 5.82 Å². The number of aryl methyl sites for hydroxylation is 2. The molecule has 0 aliphatic carbocycles. The van der Waals surface area contributed by atoms with Crippen LogP contribution in [0, 0.1) is 13.8 Å². The Morgan fingerprint density at radius 3 is 2.53 bits per heavy atom. The number of hydrogen-bond acceptors (Lipinski definition) is 6. The second-order valence-electron chi connectivity index (χ2n) is 10.7. The molecular weight excluding hydrogens is 490 g/mol. The van der Waals surface area contributed by atoms with Gasteiger partial charge in [-0.2, -0.15) is 0 Å². The number of pyridine rings is 1. The van der Waals surface area contributed by atoms with Crippen molar-refractivity contribution in [2.45, 2.75) is 71.3 Å². The van der Waals surface area contributed by atoms with Crippen molar-refractivity contribution in [1.29, 1.82) is 0 Å². The number of piperidine rings is 1. The van der Waals surface area contributed by atoms with Gasteiger partial charge >= 0.3 is 0 Å². The Bertz CT molecular complexity index is 1390. The Kier molecular flexibility index (Phi) is 7.00. The molecule has 196 valence electrons. The highest BCUT2D eigenvalue weighted by Gasteiger charge is 2.32. The molecule has 2 aliphatic heterocycles. The second-order valence-corrected chi connectivity index (χ2v) is 14.1. The van der Waals surface area contributed by atoms with E-state index in [1.54, 1.807) is 0 Å². The Morgan fingerprint density at radius 1 is 1.22 bits per heavy atom. The summed E-state index contributed by atoms with van der Waals surface area (Å²) < 4.78 is 23.7. The predicted octanol–water partition coefficient (Wildman–Crippen LogP) is 5.65. The zero-order valence-corrected chi connectivity index (χ0v) is 23.3. The molecule has 0 saturated carbocycles. The number of nitrogens with one attached hydrogen (secondary N) is 1. The molecule has 0 radical (unpaired) electrons. The summed E-state index contributed by atoms with van der Waals surface area (Å²) in [4.78, 5) is 17.8. The first-order valence-corrected chi connectivity index (χ1v) is 15.6. The maximum absolute atomic E-state index is 11.8. The summed E-state index contributed by atoms with van der Waals surface area (Å²) in [5, 5.41) is 1.38. The molecule has 0 atom stereocenters. The molecule has 3 aromatic heterocycles. The van der Waals surface area contributed by atoms with Crippen LogP contribution in [0.15, 0.2) is 17.3 Å². The Balaban J connectivity index is 0.00000320. The SMILES string of the molecule is Cc1cc(-c2[nH]c3sc(C4CCN(C5CCS(=O)(=O)CC5)CC4)c(C)c3c2C(C)C)cnc1N=CN.[HH]. The minimum Gasteiger partial charge on any atom is -0.390 e. The van der Waals surface area contributed by atoms with Gasteiger partial charge in [0.05, 0.1) is 23.5 Å². The molecule has 3 aromatic rings. The van der Waals surface area contributed by atoms with Gasteiger partial charge in [0.15, 0.2) is 5.82 Å². The fourth-order valence-electron chi connectivity index (χ4n) is 6.12. The van der Waals surface area contributed by atoms with Crippen molar-refractivity contribution in [3.63, 3.8) is 0 Å². The summed E-state index contributed by atoms with van der Waals surface area (Å²) >= 11 is 1.92. The fraction of sp³-hybridized carbons (Fsp3) is 0.556. The van der Waals surface area contributed by atoms with Crippen LogP contribution in [0.2, 0.25) is 0 Å². The Hall–Kier alpha value is -2.23. The number of hydrogen-bond donors (Lipinski definition) is 2. The molecule has 7 nitrogen and oxygen atoms in total. The van der Waals surface area contributed by atoms with Gasteiger partial charge in [0.2, 0.25) is 0 Å². The maximum atomic E-state index is 11.8. The molecule has 2 fully saturated rings. The number of nitrogens with zero attached hydrogens (tertiary/aromatic N) is 3. The molecule has 0 spiro atoms. The normalized spacial score (nSPS) is 20.2. The number of aliphatic imine (C=N–C) groups is 1. The van der Waals surface area contributed by atoms with Crippen molar-refractivity contribution in [2.24, 2.45) is 10.7 Å². The van der Waals surface area contributed by atoms with Crippen molar-refractivity contribution in [3.8, 4) is 11.3 Å². The summed E-state index contributed by atoms with van der Waals surface area (Å²) in [5.74, 6) is 2.30. The van der Waals surface area contributed by atoms with Gasteiger partial charge in [0.1, 0.15) is 14.7 Å². The largest absolute Gasteiger partial charge is 0.390 e. The van der Waals surface area contributed by atoms with Gasteiger partial charge in [-0.25, -0.2) is 18.4 Å². The molecule has 0 unspecified atom stereocenters. The zero-order valence-electron chi connectivity index (χ0n) is 21.7. The minimum atomic E-state index is -2.81. The van der Waals surface area contributed by atoms with Crippen LogP contribution in [0.5, 0.6) is 0 Å². The van der Waals surface area contributed by atoms with E-state index in [0.717, 1.165) is 55.6 Å². The topological polar surface area (TPSA) is 104 Å². The van der Waals surface area contributed by atoms with Crippen molar-refractivity contribution in [2.75, 3.05) is 24.6 Å². The standard InChI is InChI=1S/C27H37N5O2S2.H2/c1-16(2)22-23-18(4)25(19-5-9-32(10-6-19)21-7-11-36(33,34)12-8-21)35-27(23)31-24(22)20-13-17(3)26(29-14-20)30-15-28;/h13-16,19,21,31H,5-12H2,1-4H3,(H2,28,29,30);1H. The van der Waals surface area contributed by atoms with Crippen LogP contribution >= 0.6 is 11.3 Å². The van der Waals surface area contributed by atoms with Gasteiger partial charge < -0.3 is 15.6 Å². The third kappa shape index (κ3) is 4.73. The molecule has 0 bridgehead atoms. The fourth-order valence-corrected chi connectivity index (χ4v) is 8.99. The van der Waals surface area contributed by atoms with E-state index < -0.39 is 9.84 Å². The lowest BCUT2D eigenvalue weighted by molar-refractivity contribution is 0.143. The predicted molar refractivity (Wildman–Crippen MR) is 153 cm³/mol. The van der Waals surface area contributed by atoms with Gasteiger partial charge in [-0.15, -0.1) is 11.3 Å². The molecule has 0 amide bonds. The van der Waals surface area contributed by atoms with Crippen molar-refractivity contribution >= 4 is 43.5 Å². The van der Waals surface area contributed by atoms with E-state index in [1.165, 1.54) is 32.6 Å². The highest BCUT2D eigenvalue weighted by Crippen LogP contribution is 2.46. The molecule has 2 aliphatic rings. The minimum absolute atomic E-state index is 0. The first-order valence-electron chi connectivity index (χ1n) is 13.0. The number of rotatable bonds is 5. The molecular formula is C27H39N5O2S2. The second kappa shape index (κ2) is 9.91. The van der Waals surface area contributed by atoms with Crippen LogP contribution in [-0.2, 0) is 9.84 Å². The van der Waals surface area contributed by atoms with Crippen molar-refractivity contribution in [1.82, 2.24) is 14.9 Å². The summed E-state index contributed by atoms with van der Waals surface area (Å²) in [7, 11) is -2.81. The summed E-state index contributed by atoms with van der Waals surface area (Å²) in [5.41, 5.74) is 11.5. The van der Waals surface area contributed by atoms with Crippen molar-refractivity contribution in [3.05, 3.63) is 33.8 Å². The average Bonchev–Trinajstić information content (AvgIpc) is 3.37. The molecule has 5 heterocycles. The van der Waals surface area contributed by atoms with E-state index >= 15 is 0 Å². The van der Waals surface area contributed by atoms with E-state index in [4.69, 9.17) is 5.73 Å². The van der Waals surface area contributed by atoms with E-state index in [1.807, 2.05) is 24.5 Å². The number of nitrogens with two attached hydrogens (primary N) is 1. The van der Waals surface area contributed by atoms with Gasteiger partial charge in [-0.1, -0.05) is 13.8 Å². The van der Waals surface area contributed by atoms with Crippen LogP contribution < -0.4 is 5.73 Å². The third-order valence-corrected chi connectivity index (χ3v) is 11.1. The van der Waals surface area contributed by atoms with Gasteiger partial charge in [-0.3, -0.25) is 0 Å². The number of thiophene rings is 1. The van der Waals surface area contributed by atoms with E-state index in [0.29, 0.717) is 35.2 Å². The molecule has 3 N–H and O–H groups in total. The van der Waals surface area contributed by atoms with Crippen LogP contribution in [0.3, 0.4) is 0 Å². The lowest BCUT2D eigenvalue weighted by Crippen LogP contribution is -2.44. The highest BCUT2D eigenvalue weighted by atomic mass is 32.2. The quantitative estimate of drug-likeness (QED) is 0.328. The molecule has 9 heteroatoms. The van der Waals surface area contributed by atoms with E-state index in [9.17, 15) is 8.42 Å². The number of fused-ring (bicyclic) bond motifs is 1. The highest BCUT2D eigenvalue weighted by molar-refractivity contribution is 7.91. The first-order chi connectivity index (χ1) is 17.2. The maximum Gasteiger partial charge on any atom is 0.156 e. The van der Waals surface area contributed by atoms with Crippen molar-refractivity contribution < 1.29 is 9.84 Å². The Morgan fingerprint density at radius 2 is 1.92 bits per heavy atom. The van der Waals surface area contributed by atoms with Gasteiger partial charge in [0.25, 0.3) is 0 Å². The number of likely N-dealkylation sites (tertiary alicyclic amines) is 1. The lowest BCUT2D eigenvalue weighted by Gasteiger charge is -2.39. The zero-order chi connectivity index (χ0) is 25.6. The molecule has 0 aromatic carbocycles. The average molecular weight is 530 g/mol. The number of sulfone groups is 1. The van der Waals surface area contributed by atoms with E-state index in [2.05, 4.69) is 46.7 Å². The Labute approximate surface area is 219 Å². The van der Waals surface area contributed by atoms with Gasteiger partial charge in [-0.05, 0) is 87.2 Å². The number of aromatic amines is 1. The van der Waals surface area contributed by atoms with Gasteiger partial charge in [0, 0.05) is 29.5 Å². The van der Waals surface area contributed by atoms with Crippen LogP contribution in [-0.4, -0.2) is 60.3 Å². The summed E-state index contributed by atoms with van der Waals surface area (Å²) in [6.07, 6.45) is 7.05. The number of aromatic nitrogens is 2. The van der Waals surface area contributed by atoms with E-state index in [-0.39, 0.29) is 1.43 Å². The number of H-pyrrole nitrogens is 1. The molecule has 5 rings (SSSR count). The monoisotopic (exact) mass is 529 g/mol. The molecule has 2 saturated heterocycles. The third-order valence-electron chi connectivity index (χ3n) is 8.02. The molecule has 36 heavy (non-hydrogen) atoms. The van der Waals surface area contributed by atoms with Crippen LogP contribution in [0.1, 0.15) is 74.4 Å². The lowest BCUT2D eigenvalue weighted by atomic mass is 9.89. The summed E-state index contributed by atoms with van der Waals surface area (Å²) in [6.45, 7) is 11.0.